The second-order valence-electron chi connectivity index (χ2n) is 4.49. The lowest BCUT2D eigenvalue weighted by molar-refractivity contribution is 0.00211. The van der Waals surface area contributed by atoms with Gasteiger partial charge in [-0.1, -0.05) is 12.1 Å². The van der Waals surface area contributed by atoms with Crippen molar-refractivity contribution in [2.75, 3.05) is 13.1 Å². The molecular weight excluding hydrogens is 224 g/mol. The molecule has 1 aliphatic rings. The maximum Gasteiger partial charge on any atom is 0.302 e. The Kier molecular flexibility index (Phi) is 2.19. The number of benzene rings is 1. The van der Waals surface area contributed by atoms with Crippen molar-refractivity contribution in [3.8, 4) is 0 Å². The smallest absolute Gasteiger partial charge is 0.302 e. The molecule has 1 N–H and O–H groups in total. The van der Waals surface area contributed by atoms with Gasteiger partial charge in [-0.3, -0.25) is 0 Å². The normalized spacial score (nSPS) is 17.4. The number of halogens is 2. The summed E-state index contributed by atoms with van der Waals surface area (Å²) in [5.41, 5.74) is 1.42. The Morgan fingerprint density at radius 2 is 2.06 bits per heavy atom. The maximum atomic E-state index is 13.6. The summed E-state index contributed by atoms with van der Waals surface area (Å²) in [5, 5.41) is 3.10. The van der Waals surface area contributed by atoms with Crippen LogP contribution in [0.2, 0.25) is 0 Å². The molecule has 1 saturated heterocycles. The summed E-state index contributed by atoms with van der Waals surface area (Å²) in [6, 6.07) is 7.37. The Labute approximate surface area is 97.5 Å². The highest BCUT2D eigenvalue weighted by Gasteiger charge is 2.35. The molecule has 2 heterocycles. The molecule has 1 aromatic carbocycles. The van der Waals surface area contributed by atoms with Crippen LogP contribution in [0.25, 0.3) is 11.0 Å². The molecule has 5 heteroatoms. The minimum absolute atomic E-state index is 0.0863. The van der Waals surface area contributed by atoms with E-state index < -0.39 is 5.92 Å². The van der Waals surface area contributed by atoms with Gasteiger partial charge in [-0.25, -0.2) is 4.98 Å². The Balaban J connectivity index is 2.25. The van der Waals surface area contributed by atoms with E-state index in [1.807, 2.05) is 18.2 Å². The first-order chi connectivity index (χ1) is 8.07. The predicted molar refractivity (Wildman–Crippen MR) is 61.2 cm³/mol. The van der Waals surface area contributed by atoms with E-state index in [4.69, 9.17) is 0 Å². The van der Waals surface area contributed by atoms with E-state index in [-0.39, 0.29) is 11.9 Å². The third-order valence-corrected chi connectivity index (χ3v) is 3.11. The highest BCUT2D eigenvalue weighted by Crippen LogP contribution is 2.33. The molecule has 0 atom stereocenters. The maximum absolute atomic E-state index is 13.6. The van der Waals surface area contributed by atoms with Crippen LogP contribution in [0.1, 0.15) is 18.8 Å². The van der Waals surface area contributed by atoms with Crippen LogP contribution in [0.4, 0.5) is 8.78 Å². The molecule has 0 unspecified atom stereocenters. The van der Waals surface area contributed by atoms with Gasteiger partial charge >= 0.3 is 5.92 Å². The first-order valence-electron chi connectivity index (χ1n) is 5.63. The van der Waals surface area contributed by atoms with Gasteiger partial charge in [0.25, 0.3) is 0 Å². The zero-order valence-corrected chi connectivity index (χ0v) is 9.45. The first-order valence-corrected chi connectivity index (χ1v) is 5.63. The van der Waals surface area contributed by atoms with Gasteiger partial charge in [-0.2, -0.15) is 8.78 Å². The van der Waals surface area contributed by atoms with Crippen LogP contribution in [0.15, 0.2) is 24.3 Å². The summed E-state index contributed by atoms with van der Waals surface area (Å²) in [6.45, 7) is 2.35. The van der Waals surface area contributed by atoms with Gasteiger partial charge in [0.15, 0.2) is 5.82 Å². The number of aromatic nitrogens is 2. The van der Waals surface area contributed by atoms with Crippen LogP contribution in [-0.2, 0) is 5.92 Å². The van der Waals surface area contributed by atoms with Gasteiger partial charge in [0.1, 0.15) is 0 Å². The van der Waals surface area contributed by atoms with Gasteiger partial charge in [0, 0.05) is 20.0 Å². The number of imidazole rings is 1. The van der Waals surface area contributed by atoms with E-state index in [2.05, 4.69) is 10.3 Å². The highest BCUT2D eigenvalue weighted by molar-refractivity contribution is 5.76. The van der Waals surface area contributed by atoms with Crippen LogP contribution in [-0.4, -0.2) is 22.6 Å². The van der Waals surface area contributed by atoms with Crippen molar-refractivity contribution in [3.05, 3.63) is 30.1 Å². The molecule has 1 aromatic heterocycles. The minimum Gasteiger partial charge on any atom is -0.317 e. The molecule has 1 fully saturated rings. The highest BCUT2D eigenvalue weighted by atomic mass is 19.3. The average molecular weight is 237 g/mol. The predicted octanol–water partition coefficient (Wildman–Crippen LogP) is 2.29. The van der Waals surface area contributed by atoms with Crippen molar-refractivity contribution in [1.82, 2.24) is 14.9 Å². The zero-order valence-electron chi connectivity index (χ0n) is 9.45. The van der Waals surface area contributed by atoms with E-state index in [1.165, 1.54) is 0 Å². The number of rotatable bonds is 2. The fourth-order valence-corrected chi connectivity index (χ4v) is 2.18. The van der Waals surface area contributed by atoms with Gasteiger partial charge in [-0.05, 0) is 12.1 Å². The Morgan fingerprint density at radius 3 is 2.65 bits per heavy atom. The number of hydrogen-bond donors (Lipinski definition) is 1. The third-order valence-electron chi connectivity index (χ3n) is 3.11. The number of hydrogen-bond acceptors (Lipinski definition) is 2. The number of para-hydroxylation sites is 2. The van der Waals surface area contributed by atoms with Gasteiger partial charge < -0.3 is 9.88 Å². The third kappa shape index (κ3) is 1.61. The quantitative estimate of drug-likeness (QED) is 0.868. The standard InChI is InChI=1S/C12H13F2N3/c1-12(13,14)11-16-9-4-2-3-5-10(9)17(11)8-6-15-7-8/h2-5,8,15H,6-7H2,1H3. The lowest BCUT2D eigenvalue weighted by Gasteiger charge is -2.31. The van der Waals surface area contributed by atoms with Crippen molar-refractivity contribution in [1.29, 1.82) is 0 Å². The summed E-state index contributed by atoms with van der Waals surface area (Å²) in [4.78, 5) is 4.07. The van der Waals surface area contributed by atoms with Crippen molar-refractivity contribution >= 4 is 11.0 Å². The van der Waals surface area contributed by atoms with Crippen molar-refractivity contribution in [2.24, 2.45) is 0 Å². The zero-order chi connectivity index (χ0) is 12.0. The molecule has 3 nitrogen and oxygen atoms in total. The molecule has 2 aromatic rings. The van der Waals surface area contributed by atoms with E-state index >= 15 is 0 Å². The molecule has 0 radical (unpaired) electrons. The topological polar surface area (TPSA) is 29.9 Å². The first kappa shape index (κ1) is 10.7. The Hall–Kier alpha value is -1.49. The largest absolute Gasteiger partial charge is 0.317 e. The second kappa shape index (κ2) is 3.50. The van der Waals surface area contributed by atoms with E-state index in [1.54, 1.807) is 10.6 Å². The summed E-state index contributed by atoms with van der Waals surface area (Å²) < 4.78 is 28.8. The van der Waals surface area contributed by atoms with Crippen molar-refractivity contribution < 1.29 is 8.78 Å². The molecule has 0 saturated carbocycles. The molecule has 3 rings (SSSR count). The van der Waals surface area contributed by atoms with Gasteiger partial charge in [-0.15, -0.1) is 0 Å². The van der Waals surface area contributed by atoms with Gasteiger partial charge in [0.2, 0.25) is 0 Å². The molecule has 1 aliphatic heterocycles. The Bertz CT molecular complexity index is 552. The van der Waals surface area contributed by atoms with Crippen LogP contribution in [0.3, 0.4) is 0 Å². The minimum atomic E-state index is -2.91. The Morgan fingerprint density at radius 1 is 1.35 bits per heavy atom. The molecular formula is C12H13F2N3. The van der Waals surface area contributed by atoms with E-state index in [0.29, 0.717) is 5.52 Å². The molecule has 0 aliphatic carbocycles. The number of nitrogens with one attached hydrogen (secondary N) is 1. The number of fused-ring (bicyclic) bond motifs is 1. The fourth-order valence-electron chi connectivity index (χ4n) is 2.18. The molecule has 0 amide bonds. The van der Waals surface area contributed by atoms with Gasteiger partial charge in [0.05, 0.1) is 17.1 Å². The van der Waals surface area contributed by atoms with Crippen LogP contribution >= 0.6 is 0 Å². The second-order valence-corrected chi connectivity index (χ2v) is 4.49. The summed E-state index contributed by atoms with van der Waals surface area (Å²) >= 11 is 0. The van der Waals surface area contributed by atoms with Crippen molar-refractivity contribution in [2.45, 2.75) is 18.9 Å². The fraction of sp³-hybridized carbons (Fsp3) is 0.417. The van der Waals surface area contributed by atoms with E-state index in [9.17, 15) is 8.78 Å². The monoisotopic (exact) mass is 237 g/mol. The van der Waals surface area contributed by atoms with E-state index in [0.717, 1.165) is 25.5 Å². The summed E-state index contributed by atoms with van der Waals surface area (Å²) in [5.74, 6) is -3.04. The average Bonchev–Trinajstić information content (AvgIpc) is 2.55. The SMILES string of the molecule is CC(F)(F)c1nc2ccccc2n1C1CNC1. The lowest BCUT2D eigenvalue weighted by Crippen LogP contribution is -2.44. The van der Waals surface area contributed by atoms with Crippen LogP contribution in [0.5, 0.6) is 0 Å². The van der Waals surface area contributed by atoms with Crippen LogP contribution in [0, 0.1) is 0 Å². The van der Waals surface area contributed by atoms with Crippen LogP contribution < -0.4 is 5.32 Å². The summed E-state index contributed by atoms with van der Waals surface area (Å²) in [7, 11) is 0. The molecule has 0 spiro atoms. The lowest BCUT2D eigenvalue weighted by atomic mass is 10.1. The molecule has 17 heavy (non-hydrogen) atoms. The molecule has 90 valence electrons. The number of nitrogens with zero attached hydrogens (tertiary/aromatic N) is 2. The summed E-state index contributed by atoms with van der Waals surface area (Å²) in [6.07, 6.45) is 0. The van der Waals surface area contributed by atoms with Crippen molar-refractivity contribution in [3.63, 3.8) is 0 Å². The number of alkyl halides is 2. The molecule has 0 bridgehead atoms.